The zero-order valence-electron chi connectivity index (χ0n) is 10.5. The summed E-state index contributed by atoms with van der Waals surface area (Å²) in [6, 6.07) is 9.11. The van der Waals surface area contributed by atoms with E-state index in [1.54, 1.807) is 0 Å². The largest absolute Gasteiger partial charge is 0.350 e. The molecule has 0 aromatic carbocycles. The van der Waals surface area contributed by atoms with Crippen LogP contribution in [0.3, 0.4) is 0 Å². The van der Waals surface area contributed by atoms with Gasteiger partial charge in [-0.15, -0.1) is 11.3 Å². The second-order valence-electron chi connectivity index (χ2n) is 4.24. The number of hydrogen-bond acceptors (Lipinski definition) is 2. The number of rotatable bonds is 6. The average molecular weight is 248 g/mol. The van der Waals surface area contributed by atoms with Gasteiger partial charge in [0.1, 0.15) is 0 Å². The molecule has 3 heteroatoms. The van der Waals surface area contributed by atoms with Crippen LogP contribution in [-0.2, 0) is 13.0 Å². The molecule has 1 N–H and O–H groups in total. The molecule has 92 valence electrons. The van der Waals surface area contributed by atoms with Crippen LogP contribution < -0.4 is 5.32 Å². The standard InChI is InChI=1S/C14H20N2S/c1-3-15-12(2)14-7-4-9-16(14)10-8-13-6-5-11-17-13/h4-7,9,11-12,15H,3,8,10H2,1-2H3. The maximum atomic E-state index is 3.46. The molecule has 0 radical (unpaired) electrons. The topological polar surface area (TPSA) is 17.0 Å². The third kappa shape index (κ3) is 3.20. The monoisotopic (exact) mass is 248 g/mol. The Bertz CT molecular complexity index is 431. The van der Waals surface area contributed by atoms with Gasteiger partial charge in [0, 0.05) is 29.4 Å². The lowest BCUT2D eigenvalue weighted by Gasteiger charge is -2.16. The first-order chi connectivity index (χ1) is 8.31. The Morgan fingerprint density at radius 3 is 2.94 bits per heavy atom. The van der Waals surface area contributed by atoms with Gasteiger partial charge in [-0.3, -0.25) is 0 Å². The molecule has 2 aromatic rings. The highest BCUT2D eigenvalue weighted by Crippen LogP contribution is 2.15. The molecule has 2 heterocycles. The summed E-state index contributed by atoms with van der Waals surface area (Å²) in [4.78, 5) is 1.46. The number of hydrogen-bond donors (Lipinski definition) is 1. The molecule has 0 fully saturated rings. The van der Waals surface area contributed by atoms with E-state index in [-0.39, 0.29) is 0 Å². The molecule has 0 saturated carbocycles. The van der Waals surface area contributed by atoms with Crippen molar-refractivity contribution in [3.63, 3.8) is 0 Å². The van der Waals surface area contributed by atoms with Gasteiger partial charge in [-0.05, 0) is 43.5 Å². The minimum atomic E-state index is 0.429. The van der Waals surface area contributed by atoms with Crippen molar-refractivity contribution in [2.75, 3.05) is 6.54 Å². The van der Waals surface area contributed by atoms with Crippen LogP contribution in [0.2, 0.25) is 0 Å². The minimum absolute atomic E-state index is 0.429. The van der Waals surface area contributed by atoms with Crippen LogP contribution in [-0.4, -0.2) is 11.1 Å². The maximum Gasteiger partial charge on any atom is 0.0446 e. The molecule has 0 saturated heterocycles. The predicted octanol–water partition coefficient (Wildman–Crippen LogP) is 3.46. The molecule has 0 amide bonds. The van der Waals surface area contributed by atoms with Crippen molar-refractivity contribution >= 4 is 11.3 Å². The summed E-state index contributed by atoms with van der Waals surface area (Å²) in [5.74, 6) is 0. The molecule has 0 aliphatic heterocycles. The number of nitrogens with one attached hydrogen (secondary N) is 1. The van der Waals surface area contributed by atoms with Crippen LogP contribution in [0.15, 0.2) is 35.8 Å². The number of nitrogens with zero attached hydrogens (tertiary/aromatic N) is 1. The summed E-state index contributed by atoms with van der Waals surface area (Å²) in [5.41, 5.74) is 1.38. The quantitative estimate of drug-likeness (QED) is 0.828. The second-order valence-corrected chi connectivity index (χ2v) is 5.27. The van der Waals surface area contributed by atoms with Gasteiger partial charge in [0.05, 0.1) is 0 Å². The van der Waals surface area contributed by atoms with Crippen molar-refractivity contribution in [1.29, 1.82) is 0 Å². The van der Waals surface area contributed by atoms with E-state index >= 15 is 0 Å². The smallest absolute Gasteiger partial charge is 0.0446 e. The van der Waals surface area contributed by atoms with Gasteiger partial charge in [-0.1, -0.05) is 13.0 Å². The lowest BCUT2D eigenvalue weighted by molar-refractivity contribution is 0.540. The third-order valence-corrected chi connectivity index (χ3v) is 3.93. The summed E-state index contributed by atoms with van der Waals surface area (Å²) in [7, 11) is 0. The van der Waals surface area contributed by atoms with Crippen LogP contribution in [0.1, 0.15) is 30.5 Å². The van der Waals surface area contributed by atoms with E-state index in [0.29, 0.717) is 6.04 Å². The first kappa shape index (κ1) is 12.4. The van der Waals surface area contributed by atoms with E-state index in [4.69, 9.17) is 0 Å². The van der Waals surface area contributed by atoms with E-state index in [1.807, 2.05) is 11.3 Å². The van der Waals surface area contributed by atoms with Gasteiger partial charge < -0.3 is 9.88 Å². The average Bonchev–Trinajstić information content (AvgIpc) is 2.98. The van der Waals surface area contributed by atoms with Gasteiger partial charge >= 0.3 is 0 Å². The number of aryl methyl sites for hydroxylation is 2. The van der Waals surface area contributed by atoms with E-state index in [0.717, 1.165) is 19.5 Å². The van der Waals surface area contributed by atoms with Crippen molar-refractivity contribution in [2.45, 2.75) is 32.9 Å². The fourth-order valence-electron chi connectivity index (χ4n) is 2.12. The summed E-state index contributed by atoms with van der Waals surface area (Å²) in [6.07, 6.45) is 3.30. The molecular weight excluding hydrogens is 228 g/mol. The van der Waals surface area contributed by atoms with Crippen LogP contribution in [0.5, 0.6) is 0 Å². The molecular formula is C14H20N2S. The summed E-state index contributed by atoms with van der Waals surface area (Å²) in [5, 5.41) is 5.61. The first-order valence-corrected chi connectivity index (χ1v) is 7.10. The van der Waals surface area contributed by atoms with Crippen LogP contribution in [0.25, 0.3) is 0 Å². The predicted molar refractivity (Wildman–Crippen MR) is 74.5 cm³/mol. The van der Waals surface area contributed by atoms with Gasteiger partial charge in [0.2, 0.25) is 0 Å². The lowest BCUT2D eigenvalue weighted by atomic mass is 10.2. The second kappa shape index (κ2) is 6.03. The van der Waals surface area contributed by atoms with Crippen molar-refractivity contribution in [2.24, 2.45) is 0 Å². The number of aromatic nitrogens is 1. The highest BCUT2D eigenvalue weighted by Gasteiger charge is 2.08. The SMILES string of the molecule is CCNC(C)c1cccn1CCc1cccs1. The van der Waals surface area contributed by atoms with E-state index in [2.05, 4.69) is 59.6 Å². The van der Waals surface area contributed by atoms with Crippen molar-refractivity contribution < 1.29 is 0 Å². The van der Waals surface area contributed by atoms with Crippen LogP contribution in [0.4, 0.5) is 0 Å². The highest BCUT2D eigenvalue weighted by atomic mass is 32.1. The lowest BCUT2D eigenvalue weighted by Crippen LogP contribution is -2.20. The van der Waals surface area contributed by atoms with Gasteiger partial charge in [0.25, 0.3) is 0 Å². The summed E-state index contributed by atoms with van der Waals surface area (Å²) >= 11 is 1.84. The Hall–Kier alpha value is -1.06. The molecule has 0 aliphatic carbocycles. The van der Waals surface area contributed by atoms with Crippen molar-refractivity contribution in [1.82, 2.24) is 9.88 Å². The molecule has 2 nitrogen and oxygen atoms in total. The van der Waals surface area contributed by atoms with Crippen LogP contribution in [0, 0.1) is 0 Å². The van der Waals surface area contributed by atoms with Crippen molar-refractivity contribution in [3.05, 3.63) is 46.4 Å². The Morgan fingerprint density at radius 2 is 2.24 bits per heavy atom. The van der Waals surface area contributed by atoms with E-state index < -0.39 is 0 Å². The molecule has 17 heavy (non-hydrogen) atoms. The first-order valence-electron chi connectivity index (χ1n) is 6.22. The summed E-state index contributed by atoms with van der Waals surface area (Å²) in [6.45, 7) is 6.45. The highest BCUT2D eigenvalue weighted by molar-refractivity contribution is 7.09. The van der Waals surface area contributed by atoms with Gasteiger partial charge in [-0.2, -0.15) is 0 Å². The zero-order valence-corrected chi connectivity index (χ0v) is 11.3. The van der Waals surface area contributed by atoms with E-state index in [9.17, 15) is 0 Å². The van der Waals surface area contributed by atoms with Gasteiger partial charge in [0.15, 0.2) is 0 Å². The van der Waals surface area contributed by atoms with Crippen LogP contribution >= 0.6 is 11.3 Å². The molecule has 0 bridgehead atoms. The minimum Gasteiger partial charge on any atom is -0.350 e. The molecule has 1 unspecified atom stereocenters. The molecule has 2 rings (SSSR count). The molecule has 1 atom stereocenters. The molecule has 0 spiro atoms. The maximum absolute atomic E-state index is 3.46. The Labute approximate surface area is 107 Å². The Balaban J connectivity index is 1.99. The fraction of sp³-hybridized carbons (Fsp3) is 0.429. The normalized spacial score (nSPS) is 12.8. The van der Waals surface area contributed by atoms with E-state index in [1.165, 1.54) is 10.6 Å². The third-order valence-electron chi connectivity index (χ3n) is 3.00. The number of thiophene rings is 1. The Morgan fingerprint density at radius 1 is 1.35 bits per heavy atom. The Kier molecular flexibility index (Phi) is 4.40. The molecule has 0 aliphatic rings. The van der Waals surface area contributed by atoms with Gasteiger partial charge in [-0.25, -0.2) is 0 Å². The summed E-state index contributed by atoms with van der Waals surface area (Å²) < 4.78 is 2.35. The fourth-order valence-corrected chi connectivity index (χ4v) is 2.82. The molecule has 2 aromatic heterocycles. The van der Waals surface area contributed by atoms with Crippen molar-refractivity contribution in [3.8, 4) is 0 Å². The zero-order chi connectivity index (χ0) is 12.1.